The number of benzene rings is 1. The van der Waals surface area contributed by atoms with Crippen molar-refractivity contribution in [1.82, 2.24) is 20.1 Å². The highest BCUT2D eigenvalue weighted by Crippen LogP contribution is 2.34. The SMILES string of the molecule is CC(C)(C)c1ccc(N(C(=O)[C@H]2CCCN2C#N)C(C(=O)N2CCNC(=O)C2)c2cccnc2)cc1. The van der Waals surface area contributed by atoms with Gasteiger partial charge in [0.2, 0.25) is 5.91 Å². The second kappa shape index (κ2) is 10.4. The lowest BCUT2D eigenvalue weighted by Crippen LogP contribution is -2.55. The number of carbonyl (C=O) groups excluding carboxylic acids is 3. The minimum absolute atomic E-state index is 0.0751. The highest BCUT2D eigenvalue weighted by molar-refractivity contribution is 6.04. The molecule has 1 N–H and O–H groups in total. The summed E-state index contributed by atoms with van der Waals surface area (Å²) in [5.74, 6) is -0.910. The van der Waals surface area contributed by atoms with Crippen molar-refractivity contribution >= 4 is 23.4 Å². The van der Waals surface area contributed by atoms with Crippen molar-refractivity contribution in [3.05, 3.63) is 59.9 Å². The molecule has 9 nitrogen and oxygen atoms in total. The van der Waals surface area contributed by atoms with Gasteiger partial charge in [0.25, 0.3) is 11.8 Å². The molecule has 2 aliphatic heterocycles. The summed E-state index contributed by atoms with van der Waals surface area (Å²) in [5.41, 5.74) is 2.11. The first-order chi connectivity index (χ1) is 17.2. The number of aromatic nitrogens is 1. The van der Waals surface area contributed by atoms with E-state index in [1.165, 1.54) is 14.7 Å². The van der Waals surface area contributed by atoms with Crippen LogP contribution in [0.4, 0.5) is 5.69 Å². The predicted octanol–water partition coefficient (Wildman–Crippen LogP) is 2.36. The van der Waals surface area contributed by atoms with E-state index < -0.39 is 12.1 Å². The molecule has 1 aromatic carbocycles. The largest absolute Gasteiger partial charge is 0.353 e. The maximum atomic E-state index is 14.1. The van der Waals surface area contributed by atoms with E-state index in [-0.39, 0.29) is 29.7 Å². The normalized spacial score (nSPS) is 18.8. The fourth-order valence-electron chi connectivity index (χ4n) is 4.77. The molecule has 1 unspecified atom stereocenters. The van der Waals surface area contributed by atoms with Crippen molar-refractivity contribution in [3.63, 3.8) is 0 Å². The second-order valence-corrected chi connectivity index (χ2v) is 10.3. The standard InChI is InChI=1S/C27H32N6O3/c1-27(2,3)20-8-10-21(11-9-20)33(25(35)22-7-5-14-32(22)18-28)24(19-6-4-12-29-16-19)26(36)31-15-13-30-23(34)17-31/h4,6,8-12,16,22,24H,5,7,13-15,17H2,1-3H3,(H,30,34)/t22-,24?/m1/s1. The number of hydrogen-bond donors (Lipinski definition) is 1. The molecule has 2 saturated heterocycles. The lowest BCUT2D eigenvalue weighted by atomic mass is 9.87. The number of likely N-dealkylation sites (tertiary alicyclic amines) is 1. The summed E-state index contributed by atoms with van der Waals surface area (Å²) in [7, 11) is 0. The fraction of sp³-hybridized carbons (Fsp3) is 0.444. The minimum atomic E-state index is -1.03. The molecular formula is C27H32N6O3. The summed E-state index contributed by atoms with van der Waals surface area (Å²) in [6.45, 7) is 7.45. The summed E-state index contributed by atoms with van der Waals surface area (Å²) in [4.78, 5) is 48.9. The topological polar surface area (TPSA) is 110 Å². The molecule has 3 heterocycles. The molecule has 2 fully saturated rings. The van der Waals surface area contributed by atoms with Crippen molar-refractivity contribution in [1.29, 1.82) is 5.26 Å². The van der Waals surface area contributed by atoms with Gasteiger partial charge in [0, 0.05) is 43.3 Å². The number of rotatable bonds is 5. The van der Waals surface area contributed by atoms with E-state index in [4.69, 9.17) is 0 Å². The van der Waals surface area contributed by atoms with Gasteiger partial charge in [-0.1, -0.05) is 39.0 Å². The molecule has 0 spiro atoms. The third-order valence-corrected chi connectivity index (χ3v) is 6.76. The Balaban J connectivity index is 1.83. The van der Waals surface area contributed by atoms with Gasteiger partial charge in [-0.2, -0.15) is 5.26 Å². The van der Waals surface area contributed by atoms with Gasteiger partial charge in [-0.05, 0) is 42.0 Å². The number of hydrogen-bond acceptors (Lipinski definition) is 6. The van der Waals surface area contributed by atoms with Gasteiger partial charge in [-0.3, -0.25) is 29.2 Å². The van der Waals surface area contributed by atoms with Crippen molar-refractivity contribution in [2.45, 2.75) is 51.1 Å². The lowest BCUT2D eigenvalue weighted by molar-refractivity contribution is -0.140. The Bertz CT molecular complexity index is 1150. The van der Waals surface area contributed by atoms with Crippen LogP contribution in [0.1, 0.15) is 50.8 Å². The zero-order valence-corrected chi connectivity index (χ0v) is 21.0. The highest BCUT2D eigenvalue weighted by Gasteiger charge is 2.42. The molecule has 36 heavy (non-hydrogen) atoms. The molecule has 9 heteroatoms. The Hall–Kier alpha value is -3.93. The monoisotopic (exact) mass is 488 g/mol. The molecule has 3 amide bonds. The van der Waals surface area contributed by atoms with Crippen LogP contribution in [-0.2, 0) is 19.8 Å². The van der Waals surface area contributed by atoms with Crippen LogP contribution in [0.2, 0.25) is 0 Å². The number of nitrogens with zero attached hydrogens (tertiary/aromatic N) is 5. The Morgan fingerprint density at radius 1 is 1.19 bits per heavy atom. The Kier molecular flexibility index (Phi) is 7.25. The summed E-state index contributed by atoms with van der Waals surface area (Å²) >= 11 is 0. The number of pyridine rings is 1. The van der Waals surface area contributed by atoms with Gasteiger partial charge in [0.1, 0.15) is 12.1 Å². The molecular weight excluding hydrogens is 456 g/mol. The van der Waals surface area contributed by atoms with Crippen LogP contribution >= 0.6 is 0 Å². The van der Waals surface area contributed by atoms with Crippen LogP contribution in [0.3, 0.4) is 0 Å². The summed E-state index contributed by atoms with van der Waals surface area (Å²) in [6, 6.07) is 9.43. The van der Waals surface area contributed by atoms with E-state index in [1.807, 2.05) is 24.3 Å². The molecule has 2 aliphatic rings. The van der Waals surface area contributed by atoms with E-state index in [2.05, 4.69) is 37.3 Å². The van der Waals surface area contributed by atoms with E-state index >= 15 is 0 Å². The van der Waals surface area contributed by atoms with E-state index in [1.54, 1.807) is 24.5 Å². The van der Waals surface area contributed by atoms with Crippen LogP contribution in [0.15, 0.2) is 48.8 Å². The molecule has 0 saturated carbocycles. The van der Waals surface area contributed by atoms with Crippen molar-refractivity contribution in [2.75, 3.05) is 31.1 Å². The molecule has 0 aliphatic carbocycles. The van der Waals surface area contributed by atoms with Crippen LogP contribution in [0, 0.1) is 11.5 Å². The fourth-order valence-corrected chi connectivity index (χ4v) is 4.77. The molecule has 4 rings (SSSR count). The van der Waals surface area contributed by atoms with Gasteiger partial charge < -0.3 is 10.2 Å². The maximum Gasteiger partial charge on any atom is 0.251 e. The average molecular weight is 489 g/mol. The third-order valence-electron chi connectivity index (χ3n) is 6.76. The quantitative estimate of drug-likeness (QED) is 0.647. The summed E-state index contributed by atoms with van der Waals surface area (Å²) in [5, 5.41) is 12.4. The first kappa shape index (κ1) is 25.2. The lowest BCUT2D eigenvalue weighted by Gasteiger charge is -2.38. The molecule has 188 valence electrons. The highest BCUT2D eigenvalue weighted by atomic mass is 16.2. The number of nitriles is 1. The molecule has 0 radical (unpaired) electrons. The Morgan fingerprint density at radius 2 is 1.94 bits per heavy atom. The van der Waals surface area contributed by atoms with Crippen LogP contribution in [0.5, 0.6) is 0 Å². The Morgan fingerprint density at radius 3 is 2.56 bits per heavy atom. The van der Waals surface area contributed by atoms with Crippen molar-refractivity contribution in [2.24, 2.45) is 0 Å². The van der Waals surface area contributed by atoms with Gasteiger partial charge in [-0.15, -0.1) is 0 Å². The third kappa shape index (κ3) is 5.18. The molecule has 1 aromatic heterocycles. The summed E-state index contributed by atoms with van der Waals surface area (Å²) < 4.78 is 0. The van der Waals surface area contributed by atoms with Gasteiger partial charge in [0.15, 0.2) is 6.19 Å². The number of amides is 3. The Labute approximate surface area is 211 Å². The molecule has 0 bridgehead atoms. The maximum absolute atomic E-state index is 14.1. The number of anilines is 1. The van der Waals surface area contributed by atoms with Crippen molar-refractivity contribution < 1.29 is 14.4 Å². The van der Waals surface area contributed by atoms with Crippen LogP contribution in [0.25, 0.3) is 0 Å². The average Bonchev–Trinajstić information content (AvgIpc) is 3.36. The summed E-state index contributed by atoms with van der Waals surface area (Å²) in [6.07, 6.45) is 6.57. The zero-order valence-electron chi connectivity index (χ0n) is 21.0. The van der Waals surface area contributed by atoms with Gasteiger partial charge in [0.05, 0.1) is 6.54 Å². The predicted molar refractivity (Wildman–Crippen MR) is 135 cm³/mol. The molecule has 2 aromatic rings. The minimum Gasteiger partial charge on any atom is -0.353 e. The number of nitrogens with one attached hydrogen (secondary N) is 1. The van der Waals surface area contributed by atoms with E-state index in [0.29, 0.717) is 37.3 Å². The van der Waals surface area contributed by atoms with Crippen LogP contribution in [-0.4, -0.2) is 64.7 Å². The zero-order chi connectivity index (χ0) is 25.9. The molecule has 2 atom stereocenters. The van der Waals surface area contributed by atoms with Crippen molar-refractivity contribution in [3.8, 4) is 6.19 Å². The van der Waals surface area contributed by atoms with Crippen LogP contribution < -0.4 is 10.2 Å². The smallest absolute Gasteiger partial charge is 0.251 e. The van der Waals surface area contributed by atoms with E-state index in [9.17, 15) is 19.6 Å². The first-order valence-electron chi connectivity index (χ1n) is 12.3. The van der Waals surface area contributed by atoms with E-state index in [0.717, 1.165) is 12.0 Å². The van der Waals surface area contributed by atoms with Gasteiger partial charge >= 0.3 is 0 Å². The number of piperazine rings is 1. The second-order valence-electron chi connectivity index (χ2n) is 10.3. The van der Waals surface area contributed by atoms with Gasteiger partial charge in [-0.25, -0.2) is 0 Å². The first-order valence-corrected chi connectivity index (χ1v) is 12.3. The number of carbonyl (C=O) groups is 3.